The van der Waals surface area contributed by atoms with Crippen LogP contribution < -0.4 is 25.0 Å². The van der Waals surface area contributed by atoms with Gasteiger partial charge in [0.05, 0.1) is 0 Å². The van der Waals surface area contributed by atoms with Gasteiger partial charge in [-0.25, -0.2) is 0 Å². The molecule has 0 aromatic heterocycles. The van der Waals surface area contributed by atoms with Crippen LogP contribution in [-0.4, -0.2) is 22.0 Å². The van der Waals surface area contributed by atoms with Gasteiger partial charge in [-0.2, -0.15) is 0 Å². The van der Waals surface area contributed by atoms with Gasteiger partial charge < -0.3 is 0 Å². The average Bonchev–Trinajstić information content (AvgIpc) is 1.86. The van der Waals surface area contributed by atoms with E-state index >= 15 is 0 Å². The molecule has 0 fully saturated rings. The molecule has 0 aliphatic rings. The first-order valence-corrected chi connectivity index (χ1v) is 6.78. The van der Waals surface area contributed by atoms with E-state index in [1.54, 1.807) is 0 Å². The van der Waals surface area contributed by atoms with Gasteiger partial charge >= 0.3 is 78.0 Å². The molecule has 0 amide bonds. The second-order valence-electron chi connectivity index (χ2n) is 2.82. The Kier molecular flexibility index (Phi) is 5.85. The summed E-state index contributed by atoms with van der Waals surface area (Å²) in [7, 11) is 0. The third-order valence-electron chi connectivity index (χ3n) is 1.25. The molecule has 3 nitrogen and oxygen atoms in total. The second kappa shape index (κ2) is 5.77. The number of alkyl halides is 1. The first-order chi connectivity index (χ1) is 5.07. The first kappa shape index (κ1) is 11.2. The molecule has 11 heavy (non-hydrogen) atoms. The Morgan fingerprint density at radius 3 is 2.45 bits per heavy atom. The predicted molar refractivity (Wildman–Crippen MR) is 39.9 cm³/mol. The van der Waals surface area contributed by atoms with Crippen molar-refractivity contribution in [2.45, 2.75) is 26.3 Å². The number of hydrogen-bond donors (Lipinski definition) is 2. The fraction of sp³-hybridized carbons (Fsp3) is 0.857. The summed E-state index contributed by atoms with van der Waals surface area (Å²) in [6.07, 6.45) is 0.725. The maximum absolute atomic E-state index is 10.6. The molecule has 0 heterocycles. The van der Waals surface area contributed by atoms with E-state index in [1.807, 2.05) is 18.8 Å². The molecule has 0 saturated carbocycles. The van der Waals surface area contributed by atoms with Crippen LogP contribution in [0.5, 0.6) is 0 Å². The number of carboxylic acids is 1. The van der Waals surface area contributed by atoms with E-state index in [0.717, 1.165) is 6.42 Å². The quantitative estimate of drug-likeness (QED) is 0.336. The van der Waals surface area contributed by atoms with Crippen LogP contribution in [0.1, 0.15) is 20.3 Å². The zero-order chi connectivity index (χ0) is 8.85. The molecule has 0 bridgehead atoms. The standard InChI is InChI=1S/C7H15INO2/c1-5(2)4-6(7(10)11)9-8-3/h5-6,9H,4H2,1-3H3,(H,10,11)/q-1. The van der Waals surface area contributed by atoms with Gasteiger partial charge in [-0.05, 0) is 0 Å². The van der Waals surface area contributed by atoms with Gasteiger partial charge in [-0.15, -0.1) is 0 Å². The fourth-order valence-electron chi connectivity index (χ4n) is 0.795. The van der Waals surface area contributed by atoms with Crippen molar-refractivity contribution in [3.63, 3.8) is 0 Å². The van der Waals surface area contributed by atoms with E-state index in [1.165, 1.54) is 0 Å². The molecular weight excluding hydrogens is 257 g/mol. The maximum atomic E-state index is 10.6. The molecule has 0 rings (SSSR count). The molecule has 4 heteroatoms. The SMILES string of the molecule is C[I-]NC(CC(C)C)C(=O)O. The molecule has 0 spiro atoms. The van der Waals surface area contributed by atoms with Crippen LogP contribution in [0.15, 0.2) is 0 Å². The zero-order valence-electron chi connectivity index (χ0n) is 7.10. The third kappa shape index (κ3) is 5.43. The van der Waals surface area contributed by atoms with E-state index in [2.05, 4.69) is 3.53 Å². The van der Waals surface area contributed by atoms with Crippen LogP contribution in [0.3, 0.4) is 0 Å². The van der Waals surface area contributed by atoms with Gasteiger partial charge in [0.15, 0.2) is 0 Å². The summed E-state index contributed by atoms with van der Waals surface area (Å²) in [5.74, 6) is -0.278. The van der Waals surface area contributed by atoms with Crippen LogP contribution in [0.4, 0.5) is 0 Å². The number of nitrogens with one attached hydrogen (secondary N) is 1. The summed E-state index contributed by atoms with van der Waals surface area (Å²) in [5, 5.41) is 8.71. The summed E-state index contributed by atoms with van der Waals surface area (Å²) in [6.45, 7) is 4.07. The summed E-state index contributed by atoms with van der Waals surface area (Å²) in [4.78, 5) is 12.6. The fourth-order valence-corrected chi connectivity index (χ4v) is 2.07. The number of halogens is 1. The monoisotopic (exact) mass is 272 g/mol. The molecule has 1 atom stereocenters. The van der Waals surface area contributed by atoms with E-state index < -0.39 is 5.97 Å². The molecule has 68 valence electrons. The summed E-state index contributed by atoms with van der Waals surface area (Å²) >= 11 is -0.129. The van der Waals surface area contributed by atoms with Gasteiger partial charge in [0.25, 0.3) is 0 Å². The van der Waals surface area contributed by atoms with Crippen molar-refractivity contribution in [1.82, 2.24) is 3.53 Å². The summed E-state index contributed by atoms with van der Waals surface area (Å²) < 4.78 is 3.02. The van der Waals surface area contributed by atoms with Crippen LogP contribution >= 0.6 is 0 Å². The first-order valence-electron chi connectivity index (χ1n) is 3.54. The van der Waals surface area contributed by atoms with Crippen LogP contribution in [0, 0.1) is 5.92 Å². The van der Waals surface area contributed by atoms with Crippen LogP contribution in [0.2, 0.25) is 0 Å². The Balaban J connectivity index is 3.79. The predicted octanol–water partition coefficient (Wildman–Crippen LogP) is -2.29. The molecular formula is C7H15INO2-. The number of carboxylic acid groups (broad SMARTS) is 1. The van der Waals surface area contributed by atoms with E-state index in [4.69, 9.17) is 5.11 Å². The van der Waals surface area contributed by atoms with Gasteiger partial charge in [0.1, 0.15) is 0 Å². The van der Waals surface area contributed by atoms with Crippen LogP contribution in [-0.2, 0) is 4.79 Å². The topological polar surface area (TPSA) is 49.3 Å². The number of aliphatic carboxylic acids is 1. The van der Waals surface area contributed by atoms with Crippen molar-refractivity contribution < 1.29 is 31.4 Å². The van der Waals surface area contributed by atoms with Crippen molar-refractivity contribution >= 4 is 5.97 Å². The van der Waals surface area contributed by atoms with Crippen molar-refractivity contribution in [1.29, 1.82) is 0 Å². The second-order valence-corrected chi connectivity index (χ2v) is 4.52. The van der Waals surface area contributed by atoms with Crippen molar-refractivity contribution in [3.05, 3.63) is 0 Å². The average molecular weight is 272 g/mol. The normalized spacial score (nSPS) is 13.8. The number of hydrogen-bond acceptors (Lipinski definition) is 2. The molecule has 0 aromatic carbocycles. The van der Waals surface area contributed by atoms with E-state index in [0.29, 0.717) is 5.92 Å². The summed E-state index contributed by atoms with van der Waals surface area (Å²) in [6, 6.07) is -0.326. The Morgan fingerprint density at radius 2 is 2.18 bits per heavy atom. The van der Waals surface area contributed by atoms with Crippen molar-refractivity contribution in [2.75, 3.05) is 4.93 Å². The van der Waals surface area contributed by atoms with Gasteiger partial charge in [0, 0.05) is 0 Å². The van der Waals surface area contributed by atoms with Crippen molar-refractivity contribution in [2.24, 2.45) is 5.92 Å². The Hall–Kier alpha value is 0.160. The number of carbonyl (C=O) groups is 1. The number of rotatable bonds is 5. The van der Waals surface area contributed by atoms with Crippen molar-refractivity contribution in [3.8, 4) is 0 Å². The van der Waals surface area contributed by atoms with Crippen LogP contribution in [0.25, 0.3) is 0 Å². The Labute approximate surface area is 78.2 Å². The van der Waals surface area contributed by atoms with E-state index in [9.17, 15) is 4.79 Å². The molecule has 1 unspecified atom stereocenters. The molecule has 0 saturated heterocycles. The van der Waals surface area contributed by atoms with Gasteiger partial charge in [-0.3, -0.25) is 0 Å². The molecule has 2 N–H and O–H groups in total. The Bertz CT molecular complexity index is 128. The minimum absolute atomic E-state index is 0.129. The molecule has 0 aliphatic heterocycles. The van der Waals surface area contributed by atoms with Gasteiger partial charge in [0.2, 0.25) is 0 Å². The van der Waals surface area contributed by atoms with Gasteiger partial charge in [-0.1, -0.05) is 0 Å². The summed E-state index contributed by atoms with van der Waals surface area (Å²) in [5.41, 5.74) is 0. The zero-order valence-corrected chi connectivity index (χ0v) is 9.25. The van der Waals surface area contributed by atoms with E-state index in [-0.39, 0.29) is 27.5 Å². The molecule has 0 aromatic rings. The minimum atomic E-state index is -0.722. The Morgan fingerprint density at radius 1 is 1.64 bits per heavy atom. The molecule has 0 aliphatic carbocycles. The third-order valence-corrected chi connectivity index (χ3v) is 2.62. The molecule has 0 radical (unpaired) electrons.